The summed E-state index contributed by atoms with van der Waals surface area (Å²) in [7, 11) is 1.59. The molecule has 5 nitrogen and oxygen atoms in total. The molecule has 0 bridgehead atoms. The highest BCUT2D eigenvalue weighted by Crippen LogP contribution is 2.17. The van der Waals surface area contributed by atoms with Crippen molar-refractivity contribution in [2.75, 3.05) is 44.9 Å². The van der Waals surface area contributed by atoms with Crippen LogP contribution >= 0.6 is 0 Å². The zero-order valence-corrected chi connectivity index (χ0v) is 14.5. The Morgan fingerprint density at radius 2 is 1.92 bits per heavy atom. The van der Waals surface area contributed by atoms with Crippen LogP contribution in [0.25, 0.3) is 0 Å². The van der Waals surface area contributed by atoms with Crippen molar-refractivity contribution in [2.24, 2.45) is 0 Å². The predicted molar refractivity (Wildman–Crippen MR) is 98.5 cm³/mol. The summed E-state index contributed by atoms with van der Waals surface area (Å²) in [6.45, 7) is 4.06. The summed E-state index contributed by atoms with van der Waals surface area (Å²) in [4.78, 5) is 14.5. The molecule has 0 atom stereocenters. The SMILES string of the molecule is COc1cccc(C(=O)NCCc2ccc(N3CCOCC3)cc2)c1. The molecular weight excluding hydrogens is 316 g/mol. The van der Waals surface area contributed by atoms with Crippen molar-refractivity contribution in [3.05, 3.63) is 59.7 Å². The van der Waals surface area contributed by atoms with Crippen molar-refractivity contribution < 1.29 is 14.3 Å². The van der Waals surface area contributed by atoms with Gasteiger partial charge in [0.15, 0.2) is 0 Å². The van der Waals surface area contributed by atoms with E-state index in [9.17, 15) is 4.79 Å². The van der Waals surface area contributed by atoms with Gasteiger partial charge in [-0.2, -0.15) is 0 Å². The highest BCUT2D eigenvalue weighted by Gasteiger charge is 2.11. The van der Waals surface area contributed by atoms with Gasteiger partial charge < -0.3 is 19.7 Å². The number of carbonyl (C=O) groups is 1. The maximum atomic E-state index is 12.2. The van der Waals surface area contributed by atoms with E-state index >= 15 is 0 Å². The molecule has 2 aromatic carbocycles. The number of rotatable bonds is 6. The van der Waals surface area contributed by atoms with Crippen molar-refractivity contribution in [2.45, 2.75) is 6.42 Å². The summed E-state index contributed by atoms with van der Waals surface area (Å²) >= 11 is 0. The van der Waals surface area contributed by atoms with Crippen LogP contribution in [0.1, 0.15) is 15.9 Å². The topological polar surface area (TPSA) is 50.8 Å². The molecule has 25 heavy (non-hydrogen) atoms. The van der Waals surface area contributed by atoms with Crippen LogP contribution in [0.5, 0.6) is 5.75 Å². The third kappa shape index (κ3) is 4.73. The van der Waals surface area contributed by atoms with Gasteiger partial charge in [-0.1, -0.05) is 18.2 Å². The summed E-state index contributed by atoms with van der Waals surface area (Å²) in [5, 5.41) is 2.96. The lowest BCUT2D eigenvalue weighted by atomic mass is 10.1. The molecule has 1 aliphatic heterocycles. The standard InChI is InChI=1S/C20H24N2O3/c1-24-19-4-2-3-17(15-19)20(23)21-10-9-16-5-7-18(8-6-16)22-11-13-25-14-12-22/h2-8,15H,9-14H2,1H3,(H,21,23). The molecule has 5 heteroatoms. The maximum Gasteiger partial charge on any atom is 0.251 e. The van der Waals surface area contributed by atoms with Crippen LogP contribution in [-0.4, -0.2) is 45.9 Å². The third-order valence-corrected chi connectivity index (χ3v) is 4.34. The summed E-state index contributed by atoms with van der Waals surface area (Å²) < 4.78 is 10.5. The monoisotopic (exact) mass is 340 g/mol. The molecule has 0 unspecified atom stereocenters. The molecule has 1 amide bonds. The number of nitrogens with one attached hydrogen (secondary N) is 1. The fourth-order valence-electron chi connectivity index (χ4n) is 2.88. The first-order valence-electron chi connectivity index (χ1n) is 8.60. The number of methoxy groups -OCH3 is 1. The summed E-state index contributed by atoms with van der Waals surface area (Å²) in [5.74, 6) is 0.607. The van der Waals surface area contributed by atoms with Gasteiger partial charge >= 0.3 is 0 Å². The molecule has 0 radical (unpaired) electrons. The molecule has 1 aliphatic rings. The quantitative estimate of drug-likeness (QED) is 0.878. The minimum Gasteiger partial charge on any atom is -0.497 e. The average Bonchev–Trinajstić information content (AvgIpc) is 2.69. The Labute approximate surface area is 148 Å². The van der Waals surface area contributed by atoms with E-state index < -0.39 is 0 Å². The van der Waals surface area contributed by atoms with Gasteiger partial charge in [-0.05, 0) is 42.3 Å². The predicted octanol–water partition coefficient (Wildman–Crippen LogP) is 2.50. The third-order valence-electron chi connectivity index (χ3n) is 4.34. The Morgan fingerprint density at radius 3 is 2.64 bits per heavy atom. The molecule has 3 rings (SSSR count). The van der Waals surface area contributed by atoms with Crippen LogP contribution in [0.3, 0.4) is 0 Å². The molecule has 2 aromatic rings. The second kappa shape index (κ2) is 8.53. The molecule has 132 valence electrons. The van der Waals surface area contributed by atoms with Crippen molar-refractivity contribution in [1.82, 2.24) is 5.32 Å². The van der Waals surface area contributed by atoms with Gasteiger partial charge in [0.2, 0.25) is 0 Å². The minimum absolute atomic E-state index is 0.0798. The molecule has 1 fully saturated rings. The highest BCUT2D eigenvalue weighted by molar-refractivity contribution is 5.94. The first-order chi connectivity index (χ1) is 12.3. The summed E-state index contributed by atoms with van der Waals surface area (Å²) in [5.41, 5.74) is 3.05. The molecule has 1 heterocycles. The Hall–Kier alpha value is -2.53. The second-order valence-corrected chi connectivity index (χ2v) is 6.00. The molecule has 0 saturated carbocycles. The van der Waals surface area contributed by atoms with Crippen LogP contribution < -0.4 is 15.0 Å². The smallest absolute Gasteiger partial charge is 0.251 e. The van der Waals surface area contributed by atoms with Gasteiger partial charge in [0.1, 0.15) is 5.75 Å². The number of benzene rings is 2. The lowest BCUT2D eigenvalue weighted by Crippen LogP contribution is -2.36. The fraction of sp³-hybridized carbons (Fsp3) is 0.350. The van der Waals surface area contributed by atoms with Crippen LogP contribution in [0.2, 0.25) is 0 Å². The van der Waals surface area contributed by atoms with Crippen molar-refractivity contribution in [3.63, 3.8) is 0 Å². The van der Waals surface area contributed by atoms with E-state index in [-0.39, 0.29) is 5.91 Å². The number of hydrogen-bond acceptors (Lipinski definition) is 4. The largest absolute Gasteiger partial charge is 0.497 e. The Bertz CT molecular complexity index is 694. The van der Waals surface area contributed by atoms with Gasteiger partial charge in [-0.15, -0.1) is 0 Å². The van der Waals surface area contributed by atoms with E-state index in [0.29, 0.717) is 17.9 Å². The molecule has 0 aliphatic carbocycles. The van der Waals surface area contributed by atoms with Crippen LogP contribution in [-0.2, 0) is 11.2 Å². The number of anilines is 1. The van der Waals surface area contributed by atoms with Crippen molar-refractivity contribution in [1.29, 1.82) is 0 Å². The van der Waals surface area contributed by atoms with E-state index in [4.69, 9.17) is 9.47 Å². The molecule has 1 N–H and O–H groups in total. The molecule has 0 aromatic heterocycles. The first kappa shape index (κ1) is 17.3. The van der Waals surface area contributed by atoms with Gasteiger partial charge in [0.25, 0.3) is 5.91 Å². The van der Waals surface area contributed by atoms with Gasteiger partial charge in [-0.25, -0.2) is 0 Å². The summed E-state index contributed by atoms with van der Waals surface area (Å²) in [6.07, 6.45) is 0.805. The molecule has 1 saturated heterocycles. The van der Waals surface area contributed by atoms with Crippen LogP contribution in [0, 0.1) is 0 Å². The molecule has 0 spiro atoms. The number of carbonyl (C=O) groups excluding carboxylic acids is 1. The zero-order chi connectivity index (χ0) is 17.5. The Balaban J connectivity index is 1.49. The van der Waals surface area contributed by atoms with Gasteiger partial charge in [-0.3, -0.25) is 4.79 Å². The highest BCUT2D eigenvalue weighted by atomic mass is 16.5. The number of ether oxygens (including phenoxy) is 2. The first-order valence-corrected chi connectivity index (χ1v) is 8.60. The van der Waals surface area contributed by atoms with Crippen LogP contribution in [0.4, 0.5) is 5.69 Å². The number of amides is 1. The fourth-order valence-corrected chi connectivity index (χ4v) is 2.88. The van der Waals surface area contributed by atoms with E-state index in [2.05, 4.69) is 34.5 Å². The van der Waals surface area contributed by atoms with E-state index in [1.165, 1.54) is 11.3 Å². The average molecular weight is 340 g/mol. The maximum absolute atomic E-state index is 12.2. The van der Waals surface area contributed by atoms with Crippen molar-refractivity contribution >= 4 is 11.6 Å². The van der Waals surface area contributed by atoms with Gasteiger partial charge in [0, 0.05) is 30.9 Å². The lowest BCUT2D eigenvalue weighted by molar-refractivity contribution is 0.0954. The normalized spacial score (nSPS) is 14.2. The van der Waals surface area contributed by atoms with Crippen molar-refractivity contribution in [3.8, 4) is 5.75 Å². The molecular formula is C20H24N2O3. The Kier molecular flexibility index (Phi) is 5.90. The van der Waals surface area contributed by atoms with E-state index in [0.717, 1.165) is 32.7 Å². The zero-order valence-electron chi connectivity index (χ0n) is 14.5. The number of nitrogens with zero attached hydrogens (tertiary/aromatic N) is 1. The Morgan fingerprint density at radius 1 is 1.16 bits per heavy atom. The number of hydrogen-bond donors (Lipinski definition) is 1. The second-order valence-electron chi connectivity index (χ2n) is 6.00. The van der Waals surface area contributed by atoms with E-state index in [1.54, 1.807) is 19.2 Å². The van der Waals surface area contributed by atoms with E-state index in [1.807, 2.05) is 12.1 Å². The van der Waals surface area contributed by atoms with Crippen LogP contribution in [0.15, 0.2) is 48.5 Å². The number of morpholine rings is 1. The summed E-state index contributed by atoms with van der Waals surface area (Å²) in [6, 6.07) is 15.7. The van der Waals surface area contributed by atoms with Gasteiger partial charge in [0.05, 0.1) is 20.3 Å². The lowest BCUT2D eigenvalue weighted by Gasteiger charge is -2.28. The minimum atomic E-state index is -0.0798.